The average molecular weight is 429 g/mol. The van der Waals surface area contributed by atoms with Crippen molar-refractivity contribution in [3.8, 4) is 28.6 Å². The maximum atomic E-state index is 12.9. The molecule has 0 unspecified atom stereocenters. The van der Waals surface area contributed by atoms with Crippen molar-refractivity contribution in [3.63, 3.8) is 0 Å². The van der Waals surface area contributed by atoms with Crippen LogP contribution in [-0.4, -0.2) is 53.9 Å². The Kier molecular flexibility index (Phi) is 6.73. The Hall–Kier alpha value is -3.33. The normalized spacial score (nSPS) is 10.5. The lowest BCUT2D eigenvalue weighted by Gasteiger charge is -2.20. The number of aromatic amines is 1. The number of aromatic nitrogens is 3. The molecular weight excluding hydrogens is 404 g/mol. The molecule has 0 atom stereocenters. The molecule has 0 radical (unpaired) electrons. The average Bonchev–Trinajstić information content (AvgIpc) is 3.13. The molecule has 1 N–H and O–H groups in total. The van der Waals surface area contributed by atoms with E-state index in [-0.39, 0.29) is 12.5 Å². The molecule has 0 aliphatic heterocycles. The molecule has 30 heavy (non-hydrogen) atoms. The molecule has 9 heteroatoms. The summed E-state index contributed by atoms with van der Waals surface area (Å²) in [6, 6.07) is 13.0. The monoisotopic (exact) mass is 428 g/mol. The Bertz CT molecular complexity index is 1080. The van der Waals surface area contributed by atoms with Crippen LogP contribution in [0.3, 0.4) is 0 Å². The molecule has 158 valence electrons. The highest BCUT2D eigenvalue weighted by atomic mass is 32.1. The molecule has 0 fully saturated rings. The lowest BCUT2D eigenvalue weighted by atomic mass is 10.1. The standard InChI is InChI=1S/C21H24N4O4S/c1-24(12-15-6-5-7-17(28-3)19(15)29-4)18(26)13-25-20(22-23-21(25)30)14-8-10-16(27-2)11-9-14/h5-11H,12-13H2,1-4H3,(H,23,30). The van der Waals surface area contributed by atoms with Crippen molar-refractivity contribution in [3.05, 3.63) is 52.8 Å². The zero-order valence-electron chi connectivity index (χ0n) is 17.3. The van der Waals surface area contributed by atoms with E-state index >= 15 is 0 Å². The summed E-state index contributed by atoms with van der Waals surface area (Å²) < 4.78 is 18.0. The minimum atomic E-state index is -0.118. The first-order valence-corrected chi connectivity index (χ1v) is 9.62. The maximum Gasteiger partial charge on any atom is 0.242 e. The number of nitrogens with zero attached hydrogens (tertiary/aromatic N) is 3. The number of ether oxygens (including phenoxy) is 3. The number of methoxy groups -OCH3 is 3. The second kappa shape index (κ2) is 9.45. The van der Waals surface area contributed by atoms with Crippen LogP contribution in [0.2, 0.25) is 0 Å². The van der Waals surface area contributed by atoms with Gasteiger partial charge in [-0.1, -0.05) is 12.1 Å². The van der Waals surface area contributed by atoms with Gasteiger partial charge in [-0.25, -0.2) is 0 Å². The number of hydrogen-bond donors (Lipinski definition) is 1. The third-order valence-corrected chi connectivity index (χ3v) is 5.03. The van der Waals surface area contributed by atoms with Crippen molar-refractivity contribution in [2.45, 2.75) is 13.1 Å². The molecule has 0 spiro atoms. The molecule has 2 aromatic carbocycles. The molecule has 8 nitrogen and oxygen atoms in total. The topological polar surface area (TPSA) is 81.6 Å². The van der Waals surface area contributed by atoms with Gasteiger partial charge in [0, 0.05) is 24.7 Å². The number of benzene rings is 2. The Morgan fingerprint density at radius 3 is 2.47 bits per heavy atom. The predicted molar refractivity (Wildman–Crippen MR) is 115 cm³/mol. The largest absolute Gasteiger partial charge is 0.497 e. The molecule has 0 saturated carbocycles. The first-order valence-electron chi connectivity index (χ1n) is 9.22. The Morgan fingerprint density at radius 2 is 1.83 bits per heavy atom. The molecule has 0 aliphatic rings. The highest BCUT2D eigenvalue weighted by molar-refractivity contribution is 7.71. The second-order valence-corrected chi connectivity index (χ2v) is 6.96. The Balaban J connectivity index is 1.80. The third-order valence-electron chi connectivity index (χ3n) is 4.72. The van der Waals surface area contributed by atoms with Crippen molar-refractivity contribution in [2.24, 2.45) is 0 Å². The van der Waals surface area contributed by atoms with E-state index in [1.54, 1.807) is 37.8 Å². The number of para-hydroxylation sites is 1. The number of carbonyl (C=O) groups is 1. The van der Waals surface area contributed by atoms with Gasteiger partial charge in [0.05, 0.1) is 21.3 Å². The van der Waals surface area contributed by atoms with Gasteiger partial charge in [-0.15, -0.1) is 0 Å². The number of nitrogens with one attached hydrogen (secondary N) is 1. The predicted octanol–water partition coefficient (Wildman–Crippen LogP) is 3.29. The van der Waals surface area contributed by atoms with E-state index in [0.29, 0.717) is 28.6 Å². The van der Waals surface area contributed by atoms with Gasteiger partial charge < -0.3 is 19.1 Å². The summed E-state index contributed by atoms with van der Waals surface area (Å²) in [6.45, 7) is 0.418. The summed E-state index contributed by atoms with van der Waals surface area (Å²) in [5.41, 5.74) is 1.67. The van der Waals surface area contributed by atoms with E-state index in [4.69, 9.17) is 26.4 Å². The third kappa shape index (κ3) is 4.46. The smallest absolute Gasteiger partial charge is 0.242 e. The molecule has 0 aliphatic carbocycles. The van der Waals surface area contributed by atoms with Crippen molar-refractivity contribution in [1.29, 1.82) is 0 Å². The summed E-state index contributed by atoms with van der Waals surface area (Å²) in [5.74, 6) is 2.44. The van der Waals surface area contributed by atoms with Crippen LogP contribution in [0.25, 0.3) is 11.4 Å². The number of carbonyl (C=O) groups excluding carboxylic acids is 1. The van der Waals surface area contributed by atoms with Gasteiger partial charge in [0.15, 0.2) is 22.1 Å². The van der Waals surface area contributed by atoms with Crippen LogP contribution in [0.15, 0.2) is 42.5 Å². The van der Waals surface area contributed by atoms with E-state index in [2.05, 4.69) is 10.2 Å². The summed E-state index contributed by atoms with van der Waals surface area (Å²) >= 11 is 5.34. The van der Waals surface area contributed by atoms with Crippen LogP contribution in [-0.2, 0) is 17.9 Å². The van der Waals surface area contributed by atoms with E-state index in [1.807, 2.05) is 42.5 Å². The van der Waals surface area contributed by atoms with Crippen molar-refractivity contribution >= 4 is 18.1 Å². The first kappa shape index (κ1) is 21.4. The van der Waals surface area contributed by atoms with Crippen LogP contribution in [0, 0.1) is 4.77 Å². The van der Waals surface area contributed by atoms with Crippen LogP contribution in [0.5, 0.6) is 17.2 Å². The minimum Gasteiger partial charge on any atom is -0.497 e. The molecule has 1 aromatic heterocycles. The number of hydrogen-bond acceptors (Lipinski definition) is 6. The van der Waals surface area contributed by atoms with Gasteiger partial charge in [-0.2, -0.15) is 5.10 Å². The number of likely N-dealkylation sites (N-methyl/N-ethyl adjacent to an activating group) is 1. The number of amides is 1. The van der Waals surface area contributed by atoms with Gasteiger partial charge in [-0.05, 0) is 42.5 Å². The highest BCUT2D eigenvalue weighted by Crippen LogP contribution is 2.31. The SMILES string of the molecule is COc1ccc(-c2n[nH]c(=S)n2CC(=O)N(C)Cc2cccc(OC)c2OC)cc1. The Labute approximate surface area is 180 Å². The van der Waals surface area contributed by atoms with Gasteiger partial charge in [0.1, 0.15) is 12.3 Å². The lowest BCUT2D eigenvalue weighted by Crippen LogP contribution is -2.30. The van der Waals surface area contributed by atoms with Gasteiger partial charge >= 0.3 is 0 Å². The zero-order chi connectivity index (χ0) is 21.7. The summed E-state index contributed by atoms with van der Waals surface area (Å²) in [6.07, 6.45) is 0. The van der Waals surface area contributed by atoms with Crippen LogP contribution < -0.4 is 14.2 Å². The fraction of sp³-hybridized carbons (Fsp3) is 0.286. The fourth-order valence-electron chi connectivity index (χ4n) is 3.10. The van der Waals surface area contributed by atoms with Crippen molar-refractivity contribution in [1.82, 2.24) is 19.7 Å². The maximum absolute atomic E-state index is 12.9. The second-order valence-electron chi connectivity index (χ2n) is 6.57. The minimum absolute atomic E-state index is 0.0550. The molecule has 0 saturated heterocycles. The summed E-state index contributed by atoms with van der Waals surface area (Å²) in [4.78, 5) is 14.5. The lowest BCUT2D eigenvalue weighted by molar-refractivity contribution is -0.131. The molecular formula is C21H24N4O4S. The van der Waals surface area contributed by atoms with Crippen LogP contribution in [0.4, 0.5) is 0 Å². The quantitative estimate of drug-likeness (QED) is 0.555. The summed E-state index contributed by atoms with van der Waals surface area (Å²) in [7, 11) is 6.50. The number of H-pyrrole nitrogens is 1. The molecule has 3 aromatic rings. The number of rotatable bonds is 8. The van der Waals surface area contributed by atoms with Crippen molar-refractivity contribution < 1.29 is 19.0 Å². The van der Waals surface area contributed by atoms with E-state index in [0.717, 1.165) is 16.9 Å². The van der Waals surface area contributed by atoms with Gasteiger partial charge in [0.25, 0.3) is 0 Å². The van der Waals surface area contributed by atoms with E-state index < -0.39 is 0 Å². The molecule has 1 heterocycles. The fourth-order valence-corrected chi connectivity index (χ4v) is 3.30. The Morgan fingerprint density at radius 1 is 1.10 bits per heavy atom. The molecule has 0 bridgehead atoms. The zero-order valence-corrected chi connectivity index (χ0v) is 18.2. The first-order chi connectivity index (χ1) is 14.5. The van der Waals surface area contributed by atoms with Crippen LogP contribution in [0.1, 0.15) is 5.56 Å². The van der Waals surface area contributed by atoms with Crippen molar-refractivity contribution in [2.75, 3.05) is 28.4 Å². The molecule has 1 amide bonds. The van der Waals surface area contributed by atoms with E-state index in [1.165, 1.54) is 0 Å². The summed E-state index contributed by atoms with van der Waals surface area (Å²) in [5, 5.41) is 7.05. The van der Waals surface area contributed by atoms with E-state index in [9.17, 15) is 4.79 Å². The van der Waals surface area contributed by atoms with Gasteiger partial charge in [0.2, 0.25) is 5.91 Å². The van der Waals surface area contributed by atoms with Crippen LogP contribution >= 0.6 is 12.2 Å². The van der Waals surface area contributed by atoms with Gasteiger partial charge in [-0.3, -0.25) is 14.5 Å². The highest BCUT2D eigenvalue weighted by Gasteiger charge is 2.18. The molecule has 3 rings (SSSR count).